The fourth-order valence-corrected chi connectivity index (χ4v) is 3.96. The van der Waals surface area contributed by atoms with Crippen LogP contribution < -0.4 is 5.73 Å². The van der Waals surface area contributed by atoms with Gasteiger partial charge in [-0.3, -0.25) is 0 Å². The third-order valence-corrected chi connectivity index (χ3v) is 5.24. The topological polar surface area (TPSA) is 81.2 Å². The van der Waals surface area contributed by atoms with Crippen LogP contribution in [0.4, 0.5) is 5.69 Å². The minimum atomic E-state index is -3.53. The lowest BCUT2D eigenvalue weighted by atomic mass is 10.2. The maximum atomic E-state index is 12.7. The van der Waals surface area contributed by atoms with E-state index in [1.807, 2.05) is 17.7 Å². The van der Waals surface area contributed by atoms with Crippen LogP contribution in [0.25, 0.3) is 0 Å². The lowest BCUT2D eigenvalue weighted by Crippen LogP contribution is -2.38. The van der Waals surface area contributed by atoms with Crippen molar-refractivity contribution in [1.82, 2.24) is 13.9 Å². The molecule has 20 heavy (non-hydrogen) atoms. The first kappa shape index (κ1) is 13.1. The lowest BCUT2D eigenvalue weighted by Gasteiger charge is -2.27. The molecule has 1 aromatic carbocycles. The molecule has 7 heteroatoms. The number of aromatic nitrogens is 2. The Hall–Kier alpha value is -1.86. The molecule has 0 aliphatic carbocycles. The molecule has 0 atom stereocenters. The third-order valence-electron chi connectivity index (χ3n) is 3.42. The van der Waals surface area contributed by atoms with Gasteiger partial charge in [0, 0.05) is 31.2 Å². The second-order valence-electron chi connectivity index (χ2n) is 4.95. The lowest BCUT2D eigenvalue weighted by molar-refractivity contribution is 0.335. The SMILES string of the molecule is Cc1cc(N)cc(S(=O)(=O)N2CCn3ccnc3C2)c1. The van der Waals surface area contributed by atoms with Crippen LogP contribution >= 0.6 is 0 Å². The Morgan fingerprint density at radius 2 is 2.05 bits per heavy atom. The van der Waals surface area contributed by atoms with E-state index >= 15 is 0 Å². The summed E-state index contributed by atoms with van der Waals surface area (Å²) >= 11 is 0. The predicted octanol–water partition coefficient (Wildman–Crippen LogP) is 0.978. The Balaban J connectivity index is 1.97. The van der Waals surface area contributed by atoms with Crippen molar-refractivity contribution in [1.29, 1.82) is 0 Å². The highest BCUT2D eigenvalue weighted by Gasteiger charge is 2.29. The fraction of sp³-hybridized carbons (Fsp3) is 0.308. The number of nitrogens with zero attached hydrogens (tertiary/aromatic N) is 3. The van der Waals surface area contributed by atoms with Gasteiger partial charge in [0.2, 0.25) is 10.0 Å². The molecule has 3 rings (SSSR count). The van der Waals surface area contributed by atoms with Gasteiger partial charge in [0.25, 0.3) is 0 Å². The standard InChI is InChI=1S/C13H16N4O2S/c1-10-6-11(14)8-12(7-10)20(18,19)17-5-4-16-3-2-15-13(16)9-17/h2-3,6-8H,4-5,9,14H2,1H3. The number of hydrogen-bond acceptors (Lipinski definition) is 4. The number of fused-ring (bicyclic) bond motifs is 1. The predicted molar refractivity (Wildman–Crippen MR) is 75.4 cm³/mol. The third kappa shape index (κ3) is 2.19. The molecular weight excluding hydrogens is 276 g/mol. The molecule has 2 aromatic rings. The van der Waals surface area contributed by atoms with Crippen molar-refractivity contribution in [2.45, 2.75) is 24.9 Å². The molecule has 1 aliphatic heterocycles. The first-order valence-corrected chi connectivity index (χ1v) is 7.78. The Morgan fingerprint density at radius 1 is 1.25 bits per heavy atom. The van der Waals surface area contributed by atoms with Gasteiger partial charge < -0.3 is 10.3 Å². The van der Waals surface area contributed by atoms with E-state index in [1.165, 1.54) is 10.4 Å². The van der Waals surface area contributed by atoms with Gasteiger partial charge in [-0.05, 0) is 30.7 Å². The van der Waals surface area contributed by atoms with E-state index < -0.39 is 10.0 Å². The number of benzene rings is 1. The van der Waals surface area contributed by atoms with E-state index in [0.717, 1.165) is 11.4 Å². The number of aryl methyl sites for hydroxylation is 1. The normalized spacial score (nSPS) is 16.1. The van der Waals surface area contributed by atoms with Gasteiger partial charge in [0.15, 0.2) is 0 Å². The van der Waals surface area contributed by atoms with Gasteiger partial charge in [0.1, 0.15) is 5.82 Å². The van der Waals surface area contributed by atoms with Crippen molar-refractivity contribution in [2.24, 2.45) is 0 Å². The van der Waals surface area contributed by atoms with Crippen LogP contribution in [0.3, 0.4) is 0 Å². The van der Waals surface area contributed by atoms with Crippen LogP contribution in [0.2, 0.25) is 0 Å². The van der Waals surface area contributed by atoms with E-state index in [-0.39, 0.29) is 4.90 Å². The second kappa shape index (κ2) is 4.60. The minimum absolute atomic E-state index is 0.245. The van der Waals surface area contributed by atoms with Gasteiger partial charge in [0.05, 0.1) is 11.4 Å². The van der Waals surface area contributed by atoms with E-state index in [0.29, 0.717) is 25.3 Å². The van der Waals surface area contributed by atoms with E-state index in [1.54, 1.807) is 18.3 Å². The Kier molecular flexibility index (Phi) is 3.02. The summed E-state index contributed by atoms with van der Waals surface area (Å²) < 4.78 is 28.7. The molecule has 0 saturated heterocycles. The maximum absolute atomic E-state index is 12.7. The highest BCUT2D eigenvalue weighted by Crippen LogP contribution is 2.23. The Bertz CT molecular complexity index is 731. The van der Waals surface area contributed by atoms with Crippen LogP contribution in [0.1, 0.15) is 11.4 Å². The summed E-state index contributed by atoms with van der Waals surface area (Å²) in [7, 11) is -3.53. The zero-order valence-electron chi connectivity index (χ0n) is 11.2. The van der Waals surface area contributed by atoms with Crippen molar-refractivity contribution in [3.63, 3.8) is 0 Å². The first-order valence-electron chi connectivity index (χ1n) is 6.34. The molecule has 2 heterocycles. The number of hydrogen-bond donors (Lipinski definition) is 1. The molecule has 0 amide bonds. The average Bonchev–Trinajstić information content (AvgIpc) is 2.84. The van der Waals surface area contributed by atoms with Gasteiger partial charge >= 0.3 is 0 Å². The second-order valence-corrected chi connectivity index (χ2v) is 6.89. The van der Waals surface area contributed by atoms with Crippen molar-refractivity contribution >= 4 is 15.7 Å². The fourth-order valence-electron chi connectivity index (χ4n) is 2.43. The zero-order chi connectivity index (χ0) is 14.3. The van der Waals surface area contributed by atoms with E-state index in [2.05, 4.69) is 4.98 Å². The van der Waals surface area contributed by atoms with Crippen LogP contribution in [0, 0.1) is 6.92 Å². The van der Waals surface area contributed by atoms with Gasteiger partial charge in [-0.15, -0.1) is 0 Å². The summed E-state index contributed by atoms with van der Waals surface area (Å²) in [5.74, 6) is 0.764. The summed E-state index contributed by atoms with van der Waals surface area (Å²) in [4.78, 5) is 4.43. The molecule has 0 unspecified atom stereocenters. The van der Waals surface area contributed by atoms with Crippen molar-refractivity contribution in [2.75, 3.05) is 12.3 Å². The van der Waals surface area contributed by atoms with Crippen molar-refractivity contribution in [3.05, 3.63) is 42.0 Å². The van der Waals surface area contributed by atoms with Gasteiger partial charge in [-0.2, -0.15) is 4.31 Å². The zero-order valence-corrected chi connectivity index (χ0v) is 12.0. The summed E-state index contributed by atoms with van der Waals surface area (Å²) in [6, 6.07) is 4.90. The summed E-state index contributed by atoms with van der Waals surface area (Å²) in [6.45, 7) is 3.19. The molecule has 0 radical (unpaired) electrons. The molecule has 106 valence electrons. The first-order chi connectivity index (χ1) is 9.46. The molecule has 0 spiro atoms. The minimum Gasteiger partial charge on any atom is -0.399 e. The van der Waals surface area contributed by atoms with Crippen molar-refractivity contribution in [3.8, 4) is 0 Å². The van der Waals surface area contributed by atoms with E-state index in [4.69, 9.17) is 5.73 Å². The number of imidazole rings is 1. The van der Waals surface area contributed by atoms with Gasteiger partial charge in [-0.1, -0.05) is 0 Å². The largest absolute Gasteiger partial charge is 0.399 e. The molecular formula is C13H16N4O2S. The van der Waals surface area contributed by atoms with Crippen LogP contribution in [0.15, 0.2) is 35.5 Å². The number of nitrogens with two attached hydrogens (primary N) is 1. The quantitative estimate of drug-likeness (QED) is 0.837. The van der Waals surface area contributed by atoms with Crippen LogP contribution in [-0.4, -0.2) is 28.8 Å². The Morgan fingerprint density at radius 3 is 2.80 bits per heavy atom. The molecule has 1 aromatic heterocycles. The highest BCUT2D eigenvalue weighted by atomic mass is 32.2. The van der Waals surface area contributed by atoms with Crippen LogP contribution in [-0.2, 0) is 23.1 Å². The molecule has 6 nitrogen and oxygen atoms in total. The molecule has 0 fully saturated rings. The molecule has 1 aliphatic rings. The monoisotopic (exact) mass is 292 g/mol. The summed E-state index contributed by atoms with van der Waals surface area (Å²) in [6.07, 6.45) is 3.56. The Labute approximate surface area is 117 Å². The maximum Gasteiger partial charge on any atom is 0.243 e. The number of anilines is 1. The van der Waals surface area contributed by atoms with E-state index in [9.17, 15) is 8.42 Å². The van der Waals surface area contributed by atoms with Gasteiger partial charge in [-0.25, -0.2) is 13.4 Å². The van der Waals surface area contributed by atoms with Crippen molar-refractivity contribution < 1.29 is 8.42 Å². The number of nitrogen functional groups attached to an aromatic ring is 1. The summed E-state index contributed by atoms with van der Waals surface area (Å²) in [5.41, 5.74) is 7.04. The molecule has 0 saturated carbocycles. The smallest absolute Gasteiger partial charge is 0.243 e. The average molecular weight is 292 g/mol. The number of sulfonamides is 1. The highest BCUT2D eigenvalue weighted by molar-refractivity contribution is 7.89. The summed E-state index contributed by atoms with van der Waals surface area (Å²) in [5, 5.41) is 0. The number of rotatable bonds is 2. The molecule has 0 bridgehead atoms. The van der Waals surface area contributed by atoms with Crippen LogP contribution in [0.5, 0.6) is 0 Å². The molecule has 2 N–H and O–H groups in total.